The molecule has 0 spiro atoms. The number of hydrogen-bond acceptors (Lipinski definition) is 8. The standard InChI is InChI=1S/C24H24N4O6S/c1-33-22-9-8-19(35(31,32)28-15-10-18-6-2-3-7-21(18)28)16-20(22)24(30)34-17-23(29)27(13-4-11-25)14-5-12-26/h2-3,6-9,16H,4-5,10,13-15,17H2,1H3. The van der Waals surface area contributed by atoms with Gasteiger partial charge in [0.2, 0.25) is 0 Å². The van der Waals surface area contributed by atoms with Gasteiger partial charge in [-0.3, -0.25) is 9.10 Å². The maximum atomic E-state index is 13.3. The Morgan fingerprint density at radius 1 is 1.09 bits per heavy atom. The number of carbonyl (C=O) groups is 2. The summed E-state index contributed by atoms with van der Waals surface area (Å²) >= 11 is 0. The number of esters is 1. The lowest BCUT2D eigenvalue weighted by Crippen LogP contribution is -2.36. The van der Waals surface area contributed by atoms with E-state index in [1.807, 2.05) is 24.3 Å². The van der Waals surface area contributed by atoms with E-state index in [-0.39, 0.29) is 48.7 Å². The second kappa shape index (κ2) is 11.4. The zero-order valence-electron chi connectivity index (χ0n) is 19.1. The van der Waals surface area contributed by atoms with Crippen molar-refractivity contribution < 1.29 is 27.5 Å². The summed E-state index contributed by atoms with van der Waals surface area (Å²) in [4.78, 5) is 26.4. The predicted octanol–water partition coefficient (Wildman–Crippen LogP) is 2.26. The van der Waals surface area contributed by atoms with E-state index in [4.69, 9.17) is 20.0 Å². The maximum absolute atomic E-state index is 13.3. The van der Waals surface area contributed by atoms with Crippen LogP contribution in [0.1, 0.15) is 28.8 Å². The van der Waals surface area contributed by atoms with Crippen molar-refractivity contribution in [3.8, 4) is 17.9 Å². The van der Waals surface area contributed by atoms with Crippen LogP contribution in [-0.2, 0) is 26.0 Å². The van der Waals surface area contributed by atoms with Gasteiger partial charge in [-0.15, -0.1) is 0 Å². The number of amides is 1. The minimum Gasteiger partial charge on any atom is -0.496 e. The number of fused-ring (bicyclic) bond motifs is 1. The number of methoxy groups -OCH3 is 1. The van der Waals surface area contributed by atoms with Crippen LogP contribution in [0.4, 0.5) is 5.69 Å². The molecule has 10 nitrogen and oxygen atoms in total. The number of hydrogen-bond donors (Lipinski definition) is 0. The van der Waals surface area contributed by atoms with Gasteiger partial charge in [-0.05, 0) is 36.2 Å². The van der Waals surface area contributed by atoms with Crippen LogP contribution in [0.15, 0.2) is 47.4 Å². The van der Waals surface area contributed by atoms with Crippen molar-refractivity contribution >= 4 is 27.6 Å². The Kier molecular flexibility index (Phi) is 8.29. The van der Waals surface area contributed by atoms with Crippen LogP contribution in [0.2, 0.25) is 0 Å². The fourth-order valence-corrected chi connectivity index (χ4v) is 5.25. The van der Waals surface area contributed by atoms with Gasteiger partial charge >= 0.3 is 5.97 Å². The van der Waals surface area contributed by atoms with Crippen LogP contribution < -0.4 is 9.04 Å². The fraction of sp³-hybridized carbons (Fsp3) is 0.333. The number of ether oxygens (including phenoxy) is 2. The second-order valence-corrected chi connectivity index (χ2v) is 9.45. The lowest BCUT2D eigenvalue weighted by atomic mass is 10.2. The molecular weight excluding hydrogens is 472 g/mol. The van der Waals surface area contributed by atoms with E-state index < -0.39 is 28.5 Å². The van der Waals surface area contributed by atoms with Gasteiger partial charge < -0.3 is 14.4 Å². The van der Waals surface area contributed by atoms with Gasteiger partial charge in [-0.2, -0.15) is 10.5 Å². The first kappa shape index (κ1) is 25.5. The zero-order valence-corrected chi connectivity index (χ0v) is 20.0. The highest BCUT2D eigenvalue weighted by Crippen LogP contribution is 2.34. The number of anilines is 1. The molecule has 0 N–H and O–H groups in total. The van der Waals surface area contributed by atoms with Crippen molar-refractivity contribution in [3.63, 3.8) is 0 Å². The monoisotopic (exact) mass is 496 g/mol. The first-order valence-electron chi connectivity index (χ1n) is 10.8. The number of rotatable bonds is 10. The number of carbonyl (C=O) groups excluding carboxylic acids is 2. The lowest BCUT2D eigenvalue weighted by Gasteiger charge is -2.21. The van der Waals surface area contributed by atoms with E-state index >= 15 is 0 Å². The molecule has 2 aromatic rings. The number of nitrogens with zero attached hydrogens (tertiary/aromatic N) is 4. The summed E-state index contributed by atoms with van der Waals surface area (Å²) in [6.07, 6.45) is 0.716. The zero-order chi connectivity index (χ0) is 25.4. The SMILES string of the molecule is COc1ccc(S(=O)(=O)N2CCc3ccccc32)cc1C(=O)OCC(=O)N(CCC#N)CCC#N. The Hall–Kier alpha value is -4.09. The molecule has 1 aliphatic heterocycles. The molecule has 182 valence electrons. The molecule has 3 rings (SSSR count). The molecule has 0 saturated heterocycles. The average Bonchev–Trinajstić information content (AvgIpc) is 3.32. The van der Waals surface area contributed by atoms with Crippen LogP contribution in [-0.4, -0.2) is 58.5 Å². The van der Waals surface area contributed by atoms with Crippen molar-refractivity contribution in [3.05, 3.63) is 53.6 Å². The molecule has 0 saturated carbocycles. The molecular formula is C24H24N4O6S. The third-order valence-corrected chi connectivity index (χ3v) is 7.30. The molecule has 2 aromatic carbocycles. The average molecular weight is 497 g/mol. The van der Waals surface area contributed by atoms with Gasteiger partial charge in [0.05, 0.1) is 42.7 Å². The summed E-state index contributed by atoms with van der Waals surface area (Å²) in [6.45, 7) is -0.148. The number of nitriles is 2. The first-order valence-corrected chi connectivity index (χ1v) is 12.2. The van der Waals surface area contributed by atoms with E-state index in [9.17, 15) is 18.0 Å². The van der Waals surface area contributed by atoms with Gasteiger partial charge in [-0.1, -0.05) is 18.2 Å². The van der Waals surface area contributed by atoms with Gasteiger partial charge in [0, 0.05) is 19.6 Å². The summed E-state index contributed by atoms with van der Waals surface area (Å²) in [7, 11) is -2.64. The molecule has 35 heavy (non-hydrogen) atoms. The molecule has 0 aliphatic carbocycles. The maximum Gasteiger partial charge on any atom is 0.342 e. The van der Waals surface area contributed by atoms with Crippen LogP contribution in [0.25, 0.3) is 0 Å². The second-order valence-electron chi connectivity index (χ2n) is 7.59. The summed E-state index contributed by atoms with van der Waals surface area (Å²) in [6, 6.07) is 14.9. The number of benzene rings is 2. The topological polar surface area (TPSA) is 141 Å². The smallest absolute Gasteiger partial charge is 0.342 e. The molecule has 0 aromatic heterocycles. The highest BCUT2D eigenvalue weighted by Gasteiger charge is 2.32. The number of sulfonamides is 1. The minimum atomic E-state index is -3.96. The Labute approximate surface area is 203 Å². The van der Waals surface area contributed by atoms with Gasteiger partial charge in [0.25, 0.3) is 15.9 Å². The fourth-order valence-electron chi connectivity index (χ4n) is 3.72. The molecule has 11 heteroatoms. The van der Waals surface area contributed by atoms with Crippen LogP contribution in [0.3, 0.4) is 0 Å². The Morgan fingerprint density at radius 3 is 2.43 bits per heavy atom. The van der Waals surface area contributed by atoms with Crippen molar-refractivity contribution in [2.45, 2.75) is 24.2 Å². The Balaban J connectivity index is 1.80. The van der Waals surface area contributed by atoms with Gasteiger partial charge in [0.15, 0.2) is 6.61 Å². The molecule has 1 amide bonds. The molecule has 0 bridgehead atoms. The van der Waals surface area contributed by atoms with Crippen molar-refractivity contribution in [1.82, 2.24) is 4.90 Å². The summed E-state index contributed by atoms with van der Waals surface area (Å²) in [5.41, 5.74) is 1.36. The molecule has 0 unspecified atom stereocenters. The van der Waals surface area contributed by atoms with E-state index in [0.717, 1.165) is 5.56 Å². The van der Waals surface area contributed by atoms with E-state index in [1.54, 1.807) is 12.1 Å². The normalized spacial score (nSPS) is 12.3. The van der Waals surface area contributed by atoms with Crippen LogP contribution in [0, 0.1) is 22.7 Å². The molecule has 1 heterocycles. The molecule has 0 radical (unpaired) electrons. The van der Waals surface area contributed by atoms with Crippen molar-refractivity contribution in [1.29, 1.82) is 10.5 Å². The van der Waals surface area contributed by atoms with Crippen molar-refractivity contribution in [2.24, 2.45) is 0 Å². The van der Waals surface area contributed by atoms with Crippen LogP contribution >= 0.6 is 0 Å². The third kappa shape index (κ3) is 5.70. The molecule has 0 fully saturated rings. The molecule has 0 atom stereocenters. The number of para-hydroxylation sites is 1. The summed E-state index contributed by atoms with van der Waals surface area (Å²) < 4.78 is 38.3. The summed E-state index contributed by atoms with van der Waals surface area (Å²) in [5.74, 6) is -1.41. The predicted molar refractivity (Wildman–Crippen MR) is 125 cm³/mol. The quantitative estimate of drug-likeness (QED) is 0.456. The van der Waals surface area contributed by atoms with Crippen molar-refractivity contribution in [2.75, 3.05) is 37.7 Å². The van der Waals surface area contributed by atoms with Gasteiger partial charge in [0.1, 0.15) is 11.3 Å². The Morgan fingerprint density at radius 2 is 1.77 bits per heavy atom. The minimum absolute atomic E-state index is 0.0679. The summed E-state index contributed by atoms with van der Waals surface area (Å²) in [5, 5.41) is 17.5. The highest BCUT2D eigenvalue weighted by molar-refractivity contribution is 7.92. The Bertz CT molecular complexity index is 1280. The lowest BCUT2D eigenvalue weighted by molar-refractivity contribution is -0.134. The molecule has 1 aliphatic rings. The largest absolute Gasteiger partial charge is 0.496 e. The van der Waals surface area contributed by atoms with E-state index in [0.29, 0.717) is 12.1 Å². The van der Waals surface area contributed by atoms with E-state index in [1.165, 1.54) is 34.5 Å². The van der Waals surface area contributed by atoms with Crippen LogP contribution in [0.5, 0.6) is 5.75 Å². The first-order chi connectivity index (χ1) is 16.8. The highest BCUT2D eigenvalue weighted by atomic mass is 32.2. The van der Waals surface area contributed by atoms with Gasteiger partial charge in [-0.25, -0.2) is 13.2 Å². The van der Waals surface area contributed by atoms with E-state index in [2.05, 4.69) is 0 Å². The third-order valence-electron chi connectivity index (χ3n) is 5.49.